The highest BCUT2D eigenvalue weighted by Gasteiger charge is 2.04. The van der Waals surface area contributed by atoms with Crippen LogP contribution in [0.3, 0.4) is 0 Å². The Kier molecular flexibility index (Phi) is 6.04. The summed E-state index contributed by atoms with van der Waals surface area (Å²) in [4.78, 5) is 4.19. The molecule has 2 aromatic carbocycles. The average Bonchev–Trinajstić information content (AvgIpc) is 2.58. The van der Waals surface area contributed by atoms with Crippen molar-refractivity contribution in [2.75, 3.05) is 5.73 Å². The largest absolute Gasteiger partial charge is 0.489 e. The molecule has 0 aliphatic carbocycles. The molecule has 3 aromatic rings. The number of aromatic nitrogens is 1. The maximum Gasteiger partial charge on any atom is 0.222 e. The zero-order valence-electron chi connectivity index (χ0n) is 13.3. The van der Waals surface area contributed by atoms with Crippen molar-refractivity contribution in [1.29, 1.82) is 0 Å². The first-order chi connectivity index (χ1) is 11.2. The maximum atomic E-state index is 5.76. The summed E-state index contributed by atoms with van der Waals surface area (Å²) < 4.78 is 11.5. The molecule has 5 heteroatoms. The molecule has 0 saturated carbocycles. The Morgan fingerprint density at radius 2 is 1.62 bits per heavy atom. The van der Waals surface area contributed by atoms with Gasteiger partial charge in [-0.1, -0.05) is 30.3 Å². The summed E-state index contributed by atoms with van der Waals surface area (Å²) in [7, 11) is 0. The van der Waals surface area contributed by atoms with E-state index in [9.17, 15) is 0 Å². The zero-order chi connectivity index (χ0) is 16.1. The average molecular weight is 343 g/mol. The van der Waals surface area contributed by atoms with Gasteiger partial charge < -0.3 is 15.2 Å². The van der Waals surface area contributed by atoms with Crippen LogP contribution in [0.4, 0.5) is 5.69 Å². The summed E-state index contributed by atoms with van der Waals surface area (Å²) in [5, 5.41) is 0. The highest BCUT2D eigenvalue weighted by molar-refractivity contribution is 5.85. The molecular weight excluding hydrogens is 324 g/mol. The highest BCUT2D eigenvalue weighted by atomic mass is 35.5. The van der Waals surface area contributed by atoms with Gasteiger partial charge in [0.1, 0.15) is 18.1 Å². The monoisotopic (exact) mass is 342 g/mol. The van der Waals surface area contributed by atoms with Gasteiger partial charge >= 0.3 is 0 Å². The predicted molar refractivity (Wildman–Crippen MR) is 97.9 cm³/mol. The fourth-order valence-corrected chi connectivity index (χ4v) is 2.15. The van der Waals surface area contributed by atoms with Crippen molar-refractivity contribution in [3.8, 4) is 17.4 Å². The normalized spacial score (nSPS) is 9.88. The molecule has 0 radical (unpaired) electrons. The first kappa shape index (κ1) is 17.6. The molecule has 1 aromatic heterocycles. The fraction of sp³-hybridized carbons (Fsp3) is 0.105. The molecule has 4 nitrogen and oxygen atoms in total. The SMILES string of the molecule is Cc1cc(N)cnc1Oc1ccc(OCc2ccccc2)cc1.Cl. The number of benzene rings is 2. The Morgan fingerprint density at radius 1 is 0.958 bits per heavy atom. The van der Waals surface area contributed by atoms with Crippen LogP contribution >= 0.6 is 12.4 Å². The van der Waals surface area contributed by atoms with Gasteiger partial charge in [-0.3, -0.25) is 0 Å². The van der Waals surface area contributed by atoms with E-state index in [2.05, 4.69) is 4.98 Å². The van der Waals surface area contributed by atoms with Crippen LogP contribution in [0.1, 0.15) is 11.1 Å². The van der Waals surface area contributed by atoms with Gasteiger partial charge in [0, 0.05) is 5.56 Å². The predicted octanol–water partition coefficient (Wildman–Crippen LogP) is 4.77. The number of nitrogens with two attached hydrogens (primary N) is 1. The lowest BCUT2D eigenvalue weighted by Crippen LogP contribution is -1.96. The number of anilines is 1. The Balaban J connectivity index is 0.00000208. The minimum atomic E-state index is 0. The number of aryl methyl sites for hydroxylation is 1. The lowest BCUT2D eigenvalue weighted by atomic mass is 10.2. The molecule has 1 heterocycles. The first-order valence-corrected chi connectivity index (χ1v) is 7.37. The van der Waals surface area contributed by atoms with E-state index in [-0.39, 0.29) is 12.4 Å². The van der Waals surface area contributed by atoms with E-state index in [0.29, 0.717) is 23.9 Å². The summed E-state index contributed by atoms with van der Waals surface area (Å²) >= 11 is 0. The number of hydrogen-bond donors (Lipinski definition) is 1. The van der Waals surface area contributed by atoms with Gasteiger partial charge in [0.25, 0.3) is 0 Å². The lowest BCUT2D eigenvalue weighted by Gasteiger charge is -2.09. The number of rotatable bonds is 5. The van der Waals surface area contributed by atoms with Gasteiger partial charge in [0.2, 0.25) is 5.88 Å². The van der Waals surface area contributed by atoms with Gasteiger partial charge in [-0.05, 0) is 42.8 Å². The van der Waals surface area contributed by atoms with Crippen molar-refractivity contribution in [3.63, 3.8) is 0 Å². The molecule has 0 aliphatic rings. The molecular formula is C19H19ClN2O2. The molecule has 0 fully saturated rings. The molecule has 0 atom stereocenters. The summed E-state index contributed by atoms with van der Waals surface area (Å²) in [6, 6.07) is 19.4. The number of hydrogen-bond acceptors (Lipinski definition) is 4. The Labute approximate surface area is 147 Å². The van der Waals surface area contributed by atoms with E-state index in [1.807, 2.05) is 67.6 Å². The van der Waals surface area contributed by atoms with Crippen molar-refractivity contribution in [3.05, 3.63) is 78.0 Å². The van der Waals surface area contributed by atoms with E-state index in [1.54, 1.807) is 6.20 Å². The molecule has 2 N–H and O–H groups in total. The minimum absolute atomic E-state index is 0. The number of nitrogen functional groups attached to an aromatic ring is 1. The van der Waals surface area contributed by atoms with Crippen molar-refractivity contribution >= 4 is 18.1 Å². The van der Waals surface area contributed by atoms with Crippen LogP contribution in [0.25, 0.3) is 0 Å². The third-order valence-corrected chi connectivity index (χ3v) is 3.34. The van der Waals surface area contributed by atoms with E-state index < -0.39 is 0 Å². The Morgan fingerprint density at radius 3 is 2.29 bits per heavy atom. The van der Waals surface area contributed by atoms with E-state index in [0.717, 1.165) is 16.9 Å². The van der Waals surface area contributed by atoms with Crippen LogP contribution in [0.15, 0.2) is 66.9 Å². The molecule has 0 saturated heterocycles. The molecule has 0 aliphatic heterocycles. The topological polar surface area (TPSA) is 57.4 Å². The van der Waals surface area contributed by atoms with Gasteiger partial charge in [-0.2, -0.15) is 0 Å². The van der Waals surface area contributed by atoms with E-state index >= 15 is 0 Å². The molecule has 3 rings (SSSR count). The van der Waals surface area contributed by atoms with Crippen molar-refractivity contribution in [2.45, 2.75) is 13.5 Å². The van der Waals surface area contributed by atoms with Crippen molar-refractivity contribution in [1.82, 2.24) is 4.98 Å². The van der Waals surface area contributed by atoms with Gasteiger partial charge in [0.15, 0.2) is 0 Å². The number of pyridine rings is 1. The Hall–Kier alpha value is -2.72. The summed E-state index contributed by atoms with van der Waals surface area (Å²) in [5.41, 5.74) is 8.34. The minimum Gasteiger partial charge on any atom is -0.489 e. The van der Waals surface area contributed by atoms with Crippen molar-refractivity contribution in [2.24, 2.45) is 0 Å². The third-order valence-electron chi connectivity index (χ3n) is 3.34. The molecule has 124 valence electrons. The second-order valence-electron chi connectivity index (χ2n) is 5.24. The second kappa shape index (κ2) is 8.22. The molecule has 24 heavy (non-hydrogen) atoms. The summed E-state index contributed by atoms with van der Waals surface area (Å²) in [6.07, 6.45) is 1.58. The van der Waals surface area contributed by atoms with Crippen molar-refractivity contribution < 1.29 is 9.47 Å². The van der Waals surface area contributed by atoms with Crippen LogP contribution in [-0.2, 0) is 6.61 Å². The van der Waals surface area contributed by atoms with E-state index in [1.165, 1.54) is 0 Å². The van der Waals surface area contributed by atoms with Crippen LogP contribution in [0.2, 0.25) is 0 Å². The Bertz CT molecular complexity index is 777. The van der Waals surface area contributed by atoms with Crippen LogP contribution < -0.4 is 15.2 Å². The molecule has 0 spiro atoms. The summed E-state index contributed by atoms with van der Waals surface area (Å²) in [6.45, 7) is 2.45. The fourth-order valence-electron chi connectivity index (χ4n) is 2.15. The molecule has 0 bridgehead atoms. The standard InChI is InChI=1S/C19H18N2O2.ClH/c1-14-11-16(20)12-21-19(14)23-18-9-7-17(8-10-18)22-13-15-5-3-2-4-6-15;/h2-12H,13,20H2,1H3;1H. The smallest absolute Gasteiger partial charge is 0.222 e. The number of nitrogens with zero attached hydrogens (tertiary/aromatic N) is 1. The lowest BCUT2D eigenvalue weighted by molar-refractivity contribution is 0.305. The second-order valence-corrected chi connectivity index (χ2v) is 5.24. The highest BCUT2D eigenvalue weighted by Crippen LogP contribution is 2.25. The molecule has 0 amide bonds. The van der Waals surface area contributed by atoms with E-state index in [4.69, 9.17) is 15.2 Å². The van der Waals surface area contributed by atoms with Gasteiger partial charge in [-0.25, -0.2) is 4.98 Å². The third kappa shape index (κ3) is 4.64. The van der Waals surface area contributed by atoms with Crippen LogP contribution in [0.5, 0.6) is 17.4 Å². The number of halogens is 1. The zero-order valence-corrected chi connectivity index (χ0v) is 14.1. The number of ether oxygens (including phenoxy) is 2. The van der Waals surface area contributed by atoms with Crippen LogP contribution in [0, 0.1) is 6.92 Å². The quantitative estimate of drug-likeness (QED) is 0.726. The van der Waals surface area contributed by atoms with Crippen LogP contribution in [-0.4, -0.2) is 4.98 Å². The molecule has 0 unspecified atom stereocenters. The van der Waals surface area contributed by atoms with Gasteiger partial charge in [-0.15, -0.1) is 12.4 Å². The van der Waals surface area contributed by atoms with Gasteiger partial charge in [0.05, 0.1) is 11.9 Å². The maximum absolute atomic E-state index is 5.76. The first-order valence-electron chi connectivity index (χ1n) is 7.37. The summed E-state index contributed by atoms with van der Waals surface area (Å²) in [5.74, 6) is 2.05.